The van der Waals surface area contributed by atoms with Gasteiger partial charge in [0.15, 0.2) is 0 Å². The number of nitrogens with one attached hydrogen (secondary N) is 2. The van der Waals surface area contributed by atoms with E-state index in [1.165, 1.54) is 0 Å². The van der Waals surface area contributed by atoms with Crippen LogP contribution in [0.15, 0.2) is 53.4 Å². The second kappa shape index (κ2) is 9.27. The van der Waals surface area contributed by atoms with Crippen LogP contribution in [-0.2, 0) is 14.4 Å². The zero-order valence-electron chi connectivity index (χ0n) is 17.3. The summed E-state index contributed by atoms with van der Waals surface area (Å²) in [5.41, 5.74) is 2.15. The van der Waals surface area contributed by atoms with E-state index in [-0.39, 0.29) is 36.6 Å². The van der Waals surface area contributed by atoms with E-state index in [2.05, 4.69) is 10.6 Å². The Kier molecular flexibility index (Phi) is 6.27. The summed E-state index contributed by atoms with van der Waals surface area (Å²) in [7, 11) is 1.57. The van der Waals surface area contributed by atoms with E-state index in [1.807, 2.05) is 6.07 Å². The van der Waals surface area contributed by atoms with Crippen LogP contribution in [-0.4, -0.2) is 48.1 Å². The van der Waals surface area contributed by atoms with Gasteiger partial charge in [-0.3, -0.25) is 24.1 Å². The molecule has 2 aromatic carbocycles. The summed E-state index contributed by atoms with van der Waals surface area (Å²) in [6.07, 6.45) is 1.70. The summed E-state index contributed by atoms with van der Waals surface area (Å²) in [6, 6.07) is 14.3. The Morgan fingerprint density at radius 3 is 2.69 bits per heavy atom. The number of imide groups is 1. The first-order valence-corrected chi connectivity index (χ1v) is 10.8. The number of ether oxygens (including phenoxy) is 1. The Hall–Kier alpha value is -3.59. The summed E-state index contributed by atoms with van der Waals surface area (Å²) < 4.78 is 5.12. The molecule has 1 fully saturated rings. The fraction of sp³-hybridized carbons (Fsp3) is 0.217. The summed E-state index contributed by atoms with van der Waals surface area (Å²) in [5, 5.41) is 5.12. The number of thioether (sulfide) groups is 1. The zero-order chi connectivity index (χ0) is 22.7. The number of methoxy groups -OCH3 is 1. The van der Waals surface area contributed by atoms with Gasteiger partial charge in [0.2, 0.25) is 11.8 Å². The van der Waals surface area contributed by atoms with Crippen molar-refractivity contribution in [1.82, 2.24) is 10.2 Å². The molecule has 2 aromatic rings. The number of nitrogens with zero attached hydrogens (tertiary/aromatic N) is 1. The Balaban J connectivity index is 1.36. The fourth-order valence-corrected chi connectivity index (χ4v) is 4.47. The number of anilines is 1. The normalized spacial score (nSPS) is 19.0. The van der Waals surface area contributed by atoms with E-state index in [0.717, 1.165) is 27.8 Å². The van der Waals surface area contributed by atoms with Crippen molar-refractivity contribution >= 4 is 46.5 Å². The summed E-state index contributed by atoms with van der Waals surface area (Å²) >= 11 is 0.866. The zero-order valence-corrected chi connectivity index (χ0v) is 18.1. The molecule has 2 N–H and O–H groups in total. The molecule has 0 radical (unpaired) electrons. The molecule has 1 atom stereocenters. The molecule has 164 valence electrons. The van der Waals surface area contributed by atoms with Crippen LogP contribution < -0.4 is 15.4 Å². The molecule has 9 heteroatoms. The van der Waals surface area contributed by atoms with Gasteiger partial charge in [-0.15, -0.1) is 0 Å². The Morgan fingerprint density at radius 1 is 1.19 bits per heavy atom. The molecule has 32 heavy (non-hydrogen) atoms. The van der Waals surface area contributed by atoms with Crippen LogP contribution in [0.2, 0.25) is 0 Å². The van der Waals surface area contributed by atoms with Crippen molar-refractivity contribution in [2.24, 2.45) is 0 Å². The molecule has 0 aliphatic carbocycles. The van der Waals surface area contributed by atoms with E-state index in [0.29, 0.717) is 16.3 Å². The van der Waals surface area contributed by atoms with Crippen LogP contribution in [0.1, 0.15) is 23.5 Å². The van der Waals surface area contributed by atoms with Crippen LogP contribution >= 0.6 is 11.8 Å². The molecular formula is C23H21N3O5S. The predicted octanol–water partition coefficient (Wildman–Crippen LogP) is 2.97. The maximum Gasteiger partial charge on any atom is 0.293 e. The average Bonchev–Trinajstić information content (AvgIpc) is 3.06. The minimum atomic E-state index is -0.607. The SMILES string of the molecule is COc1ccc(C=C2SC(=O)N(CCNC(=O)C3CC(=O)Nc4ccccc43)C2=O)cc1. The summed E-state index contributed by atoms with van der Waals surface area (Å²) in [4.78, 5) is 51.0. The van der Waals surface area contributed by atoms with Gasteiger partial charge in [-0.1, -0.05) is 30.3 Å². The standard InChI is InChI=1S/C23H21N3O5S/c1-31-15-8-6-14(7-9-15)12-19-22(29)26(23(30)32-19)11-10-24-21(28)17-13-20(27)25-18-5-3-2-4-16(17)18/h2-9,12,17H,10-11,13H2,1H3,(H,24,28)(H,25,27). The number of benzene rings is 2. The lowest BCUT2D eigenvalue weighted by Gasteiger charge is -2.25. The molecule has 2 aliphatic heterocycles. The molecule has 2 aliphatic rings. The Labute approximate surface area is 189 Å². The Morgan fingerprint density at radius 2 is 1.94 bits per heavy atom. The van der Waals surface area contributed by atoms with Crippen molar-refractivity contribution < 1.29 is 23.9 Å². The monoisotopic (exact) mass is 451 g/mol. The summed E-state index contributed by atoms with van der Waals surface area (Å²) in [6.45, 7) is 0.157. The fourth-order valence-electron chi connectivity index (χ4n) is 3.60. The average molecular weight is 452 g/mol. The molecule has 1 saturated heterocycles. The van der Waals surface area contributed by atoms with Crippen molar-refractivity contribution in [2.45, 2.75) is 12.3 Å². The number of carbonyl (C=O) groups is 4. The van der Waals surface area contributed by atoms with Gasteiger partial charge in [-0.05, 0) is 47.2 Å². The topological polar surface area (TPSA) is 105 Å². The van der Waals surface area contributed by atoms with Gasteiger partial charge in [-0.2, -0.15) is 0 Å². The van der Waals surface area contributed by atoms with Crippen molar-refractivity contribution in [1.29, 1.82) is 0 Å². The number of hydrogen-bond acceptors (Lipinski definition) is 6. The number of fused-ring (bicyclic) bond motifs is 1. The van der Waals surface area contributed by atoms with Crippen molar-refractivity contribution in [3.63, 3.8) is 0 Å². The number of rotatable bonds is 6. The van der Waals surface area contributed by atoms with E-state index >= 15 is 0 Å². The van der Waals surface area contributed by atoms with Crippen LogP contribution in [0, 0.1) is 0 Å². The van der Waals surface area contributed by atoms with E-state index in [4.69, 9.17) is 4.74 Å². The maximum atomic E-state index is 12.7. The van der Waals surface area contributed by atoms with Crippen molar-refractivity contribution in [2.75, 3.05) is 25.5 Å². The number of amides is 4. The largest absolute Gasteiger partial charge is 0.497 e. The number of carbonyl (C=O) groups excluding carboxylic acids is 4. The lowest BCUT2D eigenvalue weighted by Crippen LogP contribution is -2.40. The molecule has 4 amide bonds. The molecule has 0 saturated carbocycles. The van der Waals surface area contributed by atoms with Crippen LogP contribution in [0.25, 0.3) is 6.08 Å². The summed E-state index contributed by atoms with van der Waals surface area (Å²) in [5.74, 6) is -0.840. The van der Waals surface area contributed by atoms with Crippen LogP contribution in [0.3, 0.4) is 0 Å². The molecular weight excluding hydrogens is 430 g/mol. The first kappa shape index (κ1) is 21.6. The lowest BCUT2D eigenvalue weighted by molar-refractivity contribution is -0.126. The van der Waals surface area contributed by atoms with Crippen LogP contribution in [0.4, 0.5) is 10.5 Å². The molecule has 4 rings (SSSR count). The van der Waals surface area contributed by atoms with E-state index in [9.17, 15) is 19.2 Å². The molecule has 0 bridgehead atoms. The molecule has 2 heterocycles. The second-order valence-electron chi connectivity index (χ2n) is 7.29. The van der Waals surface area contributed by atoms with E-state index in [1.54, 1.807) is 55.7 Å². The molecule has 0 spiro atoms. The van der Waals surface area contributed by atoms with Crippen molar-refractivity contribution in [3.8, 4) is 5.75 Å². The third-order valence-electron chi connectivity index (χ3n) is 5.24. The Bertz CT molecular complexity index is 1110. The van der Waals surface area contributed by atoms with Gasteiger partial charge in [0.25, 0.3) is 11.1 Å². The predicted molar refractivity (Wildman–Crippen MR) is 121 cm³/mol. The first-order valence-electron chi connectivity index (χ1n) is 10.0. The smallest absolute Gasteiger partial charge is 0.293 e. The highest BCUT2D eigenvalue weighted by Crippen LogP contribution is 2.33. The molecule has 0 aromatic heterocycles. The van der Waals surface area contributed by atoms with Gasteiger partial charge < -0.3 is 15.4 Å². The van der Waals surface area contributed by atoms with Crippen molar-refractivity contribution in [3.05, 3.63) is 64.6 Å². The number of para-hydroxylation sites is 1. The van der Waals surface area contributed by atoms with Gasteiger partial charge in [-0.25, -0.2) is 0 Å². The molecule has 1 unspecified atom stereocenters. The number of hydrogen-bond donors (Lipinski definition) is 2. The van der Waals surface area contributed by atoms with E-state index < -0.39 is 11.8 Å². The minimum absolute atomic E-state index is 0.0506. The van der Waals surface area contributed by atoms with Gasteiger partial charge in [0.05, 0.1) is 17.9 Å². The first-order chi connectivity index (χ1) is 15.5. The van der Waals surface area contributed by atoms with Gasteiger partial charge in [0, 0.05) is 25.2 Å². The second-order valence-corrected chi connectivity index (χ2v) is 8.28. The highest BCUT2D eigenvalue weighted by atomic mass is 32.2. The quantitative estimate of drug-likeness (QED) is 0.655. The lowest BCUT2D eigenvalue weighted by atomic mass is 9.90. The van der Waals surface area contributed by atoms with Crippen LogP contribution in [0.5, 0.6) is 5.75 Å². The highest BCUT2D eigenvalue weighted by molar-refractivity contribution is 8.18. The third-order valence-corrected chi connectivity index (χ3v) is 6.15. The third kappa shape index (κ3) is 4.52. The van der Waals surface area contributed by atoms with Gasteiger partial charge in [0.1, 0.15) is 5.75 Å². The minimum Gasteiger partial charge on any atom is -0.497 e. The maximum absolute atomic E-state index is 12.7. The highest BCUT2D eigenvalue weighted by Gasteiger charge is 2.35. The van der Waals surface area contributed by atoms with Gasteiger partial charge >= 0.3 is 0 Å². The molecule has 8 nitrogen and oxygen atoms in total.